The van der Waals surface area contributed by atoms with Crippen molar-refractivity contribution in [1.29, 1.82) is 0 Å². The summed E-state index contributed by atoms with van der Waals surface area (Å²) in [5.74, 6) is -1.07. The van der Waals surface area contributed by atoms with Crippen LogP contribution in [0.25, 0.3) is 22.0 Å². The third-order valence-electron chi connectivity index (χ3n) is 13.8. The fourth-order valence-electron chi connectivity index (χ4n) is 9.91. The number of aromatic nitrogens is 1. The van der Waals surface area contributed by atoms with Gasteiger partial charge in [-0.15, -0.1) is 0 Å². The summed E-state index contributed by atoms with van der Waals surface area (Å²) >= 11 is 0. The van der Waals surface area contributed by atoms with E-state index in [1.165, 1.54) is 17.0 Å². The third kappa shape index (κ3) is 8.71. The van der Waals surface area contributed by atoms with Gasteiger partial charge >= 0.3 is 6.09 Å². The van der Waals surface area contributed by atoms with Crippen molar-refractivity contribution in [2.75, 3.05) is 13.7 Å². The summed E-state index contributed by atoms with van der Waals surface area (Å²) < 4.78 is 60.3. The number of pyridine rings is 1. The first-order chi connectivity index (χ1) is 29.7. The van der Waals surface area contributed by atoms with Crippen LogP contribution < -0.4 is 24.8 Å². The van der Waals surface area contributed by atoms with Crippen molar-refractivity contribution in [1.82, 2.24) is 25.2 Å². The maximum absolute atomic E-state index is 15.1. The molecule has 2 aliphatic heterocycles. The molecule has 5 fully saturated rings. The first-order valence-corrected chi connectivity index (χ1v) is 23.5. The number of benzene rings is 2. The molecule has 16 heteroatoms. The van der Waals surface area contributed by atoms with Crippen LogP contribution in [0.2, 0.25) is 0 Å². The Kier molecular flexibility index (Phi) is 11.2. The Bertz CT molecular complexity index is 2400. The highest BCUT2D eigenvalue weighted by atomic mass is 32.2. The van der Waals surface area contributed by atoms with Gasteiger partial charge in [0, 0.05) is 23.3 Å². The third-order valence-corrected chi connectivity index (χ3v) is 15.6. The minimum atomic E-state index is -3.94. The Hall–Kier alpha value is -5.25. The van der Waals surface area contributed by atoms with E-state index in [9.17, 15) is 27.2 Å². The van der Waals surface area contributed by atoms with Crippen molar-refractivity contribution in [3.05, 3.63) is 66.5 Å². The van der Waals surface area contributed by atoms with Gasteiger partial charge < -0.3 is 29.7 Å². The van der Waals surface area contributed by atoms with Crippen molar-refractivity contribution in [2.24, 2.45) is 29.6 Å². The summed E-state index contributed by atoms with van der Waals surface area (Å²) in [5, 5.41) is 6.53. The Morgan fingerprint density at radius 2 is 1.71 bits per heavy atom. The molecule has 3 aromatic rings. The van der Waals surface area contributed by atoms with Crippen LogP contribution in [0.15, 0.2) is 60.7 Å². The Labute approximate surface area is 360 Å². The number of halogens is 1. The second-order valence-corrected chi connectivity index (χ2v) is 20.5. The molecule has 330 valence electrons. The number of fused-ring (bicyclic) bond motifs is 4. The number of ether oxygens (including phenoxy) is 3. The Balaban J connectivity index is 1.05. The number of nitrogens with one attached hydrogen (secondary N) is 3. The molecule has 14 nitrogen and oxygen atoms in total. The number of sulfonamides is 1. The smallest absolute Gasteiger partial charge is 0.408 e. The van der Waals surface area contributed by atoms with Gasteiger partial charge in [0.25, 0.3) is 5.91 Å². The normalized spacial score (nSPS) is 32.5. The van der Waals surface area contributed by atoms with E-state index in [0.717, 1.165) is 31.1 Å². The second-order valence-electron chi connectivity index (χ2n) is 18.5. The Morgan fingerprint density at radius 3 is 2.44 bits per heavy atom. The molecule has 1 saturated heterocycles. The van der Waals surface area contributed by atoms with Gasteiger partial charge in [-0.2, -0.15) is 0 Å². The lowest BCUT2D eigenvalue weighted by atomic mass is 9.88. The van der Waals surface area contributed by atoms with Gasteiger partial charge in [-0.05, 0) is 135 Å². The summed E-state index contributed by atoms with van der Waals surface area (Å²) in [6.45, 7) is 3.93. The molecule has 9 rings (SSSR count). The monoisotopic (exact) mass is 871 g/mol. The van der Waals surface area contributed by atoms with E-state index in [1.54, 1.807) is 31.4 Å². The number of methoxy groups -OCH3 is 1. The van der Waals surface area contributed by atoms with E-state index in [2.05, 4.69) is 22.3 Å². The van der Waals surface area contributed by atoms with Crippen molar-refractivity contribution in [3.63, 3.8) is 0 Å². The molecule has 62 heavy (non-hydrogen) atoms. The molecular formula is C46H54FN5O9S. The van der Waals surface area contributed by atoms with Gasteiger partial charge in [0.2, 0.25) is 27.7 Å². The predicted molar refractivity (Wildman–Crippen MR) is 227 cm³/mol. The van der Waals surface area contributed by atoms with Crippen LogP contribution in [0.1, 0.15) is 78.1 Å². The number of amides is 4. The van der Waals surface area contributed by atoms with Crippen LogP contribution in [-0.2, 0) is 29.1 Å². The summed E-state index contributed by atoms with van der Waals surface area (Å²) in [4.78, 5) is 63.6. The van der Waals surface area contributed by atoms with E-state index < -0.39 is 74.5 Å². The largest absolute Gasteiger partial charge is 0.497 e. The van der Waals surface area contributed by atoms with Gasteiger partial charge in [0.15, 0.2) is 0 Å². The van der Waals surface area contributed by atoms with E-state index in [4.69, 9.17) is 19.2 Å². The minimum Gasteiger partial charge on any atom is -0.497 e. The second kappa shape index (κ2) is 16.5. The van der Waals surface area contributed by atoms with Gasteiger partial charge in [-0.25, -0.2) is 22.6 Å². The maximum Gasteiger partial charge on any atom is 0.408 e. The highest BCUT2D eigenvalue weighted by Crippen LogP contribution is 2.52. The molecule has 0 radical (unpaired) electrons. The Morgan fingerprint density at radius 1 is 0.952 bits per heavy atom. The number of allylic oxidation sites excluding steroid dienone is 1. The van der Waals surface area contributed by atoms with E-state index in [-0.39, 0.29) is 43.2 Å². The molecule has 10 atom stereocenters. The number of carbonyl (C=O) groups is 4. The van der Waals surface area contributed by atoms with E-state index >= 15 is 4.79 Å². The zero-order valence-corrected chi connectivity index (χ0v) is 36.0. The van der Waals surface area contributed by atoms with Crippen LogP contribution in [0.4, 0.5) is 9.18 Å². The zero-order chi connectivity index (χ0) is 43.5. The molecule has 0 spiro atoms. The summed E-state index contributed by atoms with van der Waals surface area (Å²) in [5.41, 5.74) is -0.422. The molecule has 3 heterocycles. The van der Waals surface area contributed by atoms with Crippen LogP contribution >= 0.6 is 0 Å². The first kappa shape index (κ1) is 42.1. The van der Waals surface area contributed by atoms with E-state index in [0.29, 0.717) is 59.9 Å². The van der Waals surface area contributed by atoms with E-state index in [1.807, 2.05) is 31.2 Å². The van der Waals surface area contributed by atoms with Crippen molar-refractivity contribution in [3.8, 4) is 22.9 Å². The fourth-order valence-corrected chi connectivity index (χ4v) is 11.3. The highest BCUT2D eigenvalue weighted by molar-refractivity contribution is 7.91. The number of nitrogens with zero attached hydrogens (tertiary/aromatic N) is 2. The van der Waals surface area contributed by atoms with Crippen molar-refractivity contribution in [2.45, 2.75) is 113 Å². The standard InChI is InChI=1S/C46H54FN5O9S/c1-25-6-4-5-7-31-23-46(31,44(55)51-62(57,58)36-13-14-36)50-41(53)39-22-35(24-52(39)43(54)40(26(2)16-25)49-45(56)61-34-18-28-17-29(28)19-34)60-42-37-15-12-33(59-3)20-30(37)21-38(48-42)27-8-10-32(47)11-9-27/h5,7-12,15,20-21,25-26,28-29,31,34-36,39-40H,4,6,13-14,16-19,22-24H2,1-3H3,(H,49,56)(H,50,53)(H,51,55)/b7-5-/t25-,26+,28-,29+,31+,34?,35+,39-,40?,46+/m0/s1. The van der Waals surface area contributed by atoms with Gasteiger partial charge in [0.1, 0.15) is 41.4 Å². The lowest BCUT2D eigenvalue weighted by Gasteiger charge is -2.33. The highest BCUT2D eigenvalue weighted by Gasteiger charge is 2.62. The number of hydrogen-bond donors (Lipinski definition) is 3. The number of carbonyl (C=O) groups excluding carboxylic acids is 4. The molecule has 2 unspecified atom stereocenters. The molecular weight excluding hydrogens is 818 g/mol. The molecule has 4 amide bonds. The van der Waals surface area contributed by atoms with Crippen molar-refractivity contribution >= 4 is 44.6 Å². The summed E-state index contributed by atoms with van der Waals surface area (Å²) in [7, 11) is -2.38. The molecule has 6 aliphatic rings. The quantitative estimate of drug-likeness (QED) is 0.223. The maximum atomic E-state index is 15.1. The average Bonchev–Trinajstić information content (AvgIpc) is 4.20. The van der Waals surface area contributed by atoms with Crippen molar-refractivity contribution < 1.29 is 46.2 Å². The van der Waals surface area contributed by atoms with Crippen LogP contribution in [0.5, 0.6) is 11.6 Å². The zero-order valence-electron chi connectivity index (χ0n) is 35.2. The van der Waals surface area contributed by atoms with Gasteiger partial charge in [0.05, 0.1) is 24.6 Å². The van der Waals surface area contributed by atoms with Crippen LogP contribution in [-0.4, -0.2) is 90.9 Å². The van der Waals surface area contributed by atoms with Gasteiger partial charge in [-0.3, -0.25) is 19.1 Å². The summed E-state index contributed by atoms with van der Waals surface area (Å²) in [6, 6.07) is 10.9. The average molecular weight is 872 g/mol. The molecule has 4 aliphatic carbocycles. The molecule has 0 bridgehead atoms. The molecule has 2 aromatic carbocycles. The van der Waals surface area contributed by atoms with Crippen LogP contribution in [0, 0.1) is 35.4 Å². The SMILES string of the molecule is COc1ccc2c(O[C@@H]3C[C@H]4C(=O)N[C@]5(C(=O)NS(=O)(=O)C6CC6)C[C@H]5/C=C\CC[C@H](C)C[C@@H](C)C(NC(=O)OC5C[C@@H]6C[C@@H]6C5)C(=O)N4C3)nc(-c3ccc(F)cc3)cc2c1. The molecule has 3 N–H and O–H groups in total. The molecule has 4 saturated carbocycles. The first-order valence-electron chi connectivity index (χ1n) is 21.9. The summed E-state index contributed by atoms with van der Waals surface area (Å²) in [6.07, 6.45) is 8.01. The number of rotatable bonds is 9. The van der Waals surface area contributed by atoms with Gasteiger partial charge in [-0.1, -0.05) is 26.0 Å². The lowest BCUT2D eigenvalue weighted by molar-refractivity contribution is -0.142. The van der Waals surface area contributed by atoms with Crippen LogP contribution in [0.3, 0.4) is 0 Å². The minimum absolute atomic E-state index is 0.0109. The fraction of sp³-hybridized carbons (Fsp3) is 0.543. The molecule has 1 aromatic heterocycles. The number of alkyl carbamates (subject to hydrolysis) is 1. The lowest BCUT2D eigenvalue weighted by Crippen LogP contribution is -2.59. The topological polar surface area (TPSA) is 182 Å². The predicted octanol–water partition coefficient (Wildman–Crippen LogP) is 5.79. The number of hydrogen-bond acceptors (Lipinski definition) is 10.